The Labute approximate surface area is 84.1 Å². The summed E-state index contributed by atoms with van der Waals surface area (Å²) in [5.41, 5.74) is 6.60. The first kappa shape index (κ1) is 9.40. The van der Waals surface area contributed by atoms with Crippen molar-refractivity contribution >= 4 is 5.82 Å². The summed E-state index contributed by atoms with van der Waals surface area (Å²) in [6.07, 6.45) is 1.17. The first-order valence-corrected chi connectivity index (χ1v) is 5.05. The third-order valence-electron chi connectivity index (χ3n) is 2.73. The van der Waals surface area contributed by atoms with Crippen LogP contribution in [0.3, 0.4) is 0 Å². The van der Waals surface area contributed by atoms with Crippen LogP contribution in [-0.2, 0) is 0 Å². The molecule has 0 saturated carbocycles. The highest BCUT2D eigenvalue weighted by Gasteiger charge is 2.22. The molecule has 1 unspecified atom stereocenters. The average Bonchev–Trinajstić information content (AvgIpc) is 2.67. The van der Waals surface area contributed by atoms with Gasteiger partial charge < -0.3 is 10.6 Å². The van der Waals surface area contributed by atoms with E-state index in [4.69, 9.17) is 5.73 Å². The normalized spacial score (nSPS) is 21.6. The smallest absolute Gasteiger partial charge is 0.151 e. The van der Waals surface area contributed by atoms with E-state index in [1.165, 1.54) is 6.42 Å². The molecule has 1 fully saturated rings. The summed E-state index contributed by atoms with van der Waals surface area (Å²) in [4.78, 5) is 2.25. The Hall–Kier alpha value is -1.16. The van der Waals surface area contributed by atoms with Gasteiger partial charge in [-0.1, -0.05) is 0 Å². The molecule has 4 heteroatoms. The highest BCUT2D eigenvalue weighted by atomic mass is 15.3. The van der Waals surface area contributed by atoms with Crippen molar-refractivity contribution in [3.05, 3.63) is 17.8 Å². The molecule has 1 atom stereocenters. The van der Waals surface area contributed by atoms with E-state index in [1.54, 1.807) is 0 Å². The van der Waals surface area contributed by atoms with Gasteiger partial charge in [0.1, 0.15) is 0 Å². The molecule has 0 bridgehead atoms. The van der Waals surface area contributed by atoms with Crippen molar-refractivity contribution in [2.24, 2.45) is 11.7 Å². The van der Waals surface area contributed by atoms with Gasteiger partial charge in [0.2, 0.25) is 0 Å². The van der Waals surface area contributed by atoms with Crippen molar-refractivity contribution in [1.82, 2.24) is 10.2 Å². The van der Waals surface area contributed by atoms with Gasteiger partial charge in [-0.2, -0.15) is 5.10 Å². The number of anilines is 1. The highest BCUT2D eigenvalue weighted by Crippen LogP contribution is 2.20. The van der Waals surface area contributed by atoms with Crippen LogP contribution >= 0.6 is 0 Å². The Morgan fingerprint density at radius 3 is 2.93 bits per heavy atom. The third kappa shape index (κ3) is 1.85. The Bertz CT molecular complexity index is 295. The predicted octanol–water partition coefficient (Wildman–Crippen LogP) is 0.570. The van der Waals surface area contributed by atoms with Crippen molar-refractivity contribution in [3.63, 3.8) is 0 Å². The van der Waals surface area contributed by atoms with Crippen molar-refractivity contribution in [3.8, 4) is 0 Å². The van der Waals surface area contributed by atoms with Gasteiger partial charge in [-0.05, 0) is 37.9 Å². The Kier molecular flexibility index (Phi) is 2.63. The second-order valence-corrected chi connectivity index (χ2v) is 3.87. The third-order valence-corrected chi connectivity index (χ3v) is 2.73. The maximum atomic E-state index is 5.64. The molecule has 14 heavy (non-hydrogen) atoms. The molecule has 1 aromatic heterocycles. The molecule has 0 aliphatic carbocycles. The van der Waals surface area contributed by atoms with Crippen LogP contribution < -0.4 is 10.6 Å². The molecule has 0 amide bonds. The SMILES string of the molecule is Cc1ccc(N2CCC(CN)C2)nn1. The highest BCUT2D eigenvalue weighted by molar-refractivity contribution is 5.38. The second-order valence-electron chi connectivity index (χ2n) is 3.87. The van der Waals surface area contributed by atoms with Crippen molar-refractivity contribution < 1.29 is 0 Å². The van der Waals surface area contributed by atoms with Gasteiger partial charge in [-0.25, -0.2) is 0 Å². The molecule has 1 aliphatic rings. The largest absolute Gasteiger partial charge is 0.355 e. The van der Waals surface area contributed by atoms with E-state index in [2.05, 4.69) is 15.1 Å². The molecule has 4 nitrogen and oxygen atoms in total. The van der Waals surface area contributed by atoms with Gasteiger partial charge in [0.25, 0.3) is 0 Å². The van der Waals surface area contributed by atoms with E-state index in [1.807, 2.05) is 19.1 Å². The van der Waals surface area contributed by atoms with Crippen LogP contribution in [0.2, 0.25) is 0 Å². The van der Waals surface area contributed by atoms with Crippen LogP contribution in [0.1, 0.15) is 12.1 Å². The number of rotatable bonds is 2. The summed E-state index contributed by atoms with van der Waals surface area (Å²) in [5, 5.41) is 8.22. The molecule has 2 heterocycles. The van der Waals surface area contributed by atoms with Gasteiger partial charge in [0, 0.05) is 13.1 Å². The van der Waals surface area contributed by atoms with Crippen molar-refractivity contribution in [2.45, 2.75) is 13.3 Å². The van der Waals surface area contributed by atoms with E-state index >= 15 is 0 Å². The molecule has 76 valence electrons. The number of aryl methyl sites for hydroxylation is 1. The quantitative estimate of drug-likeness (QED) is 0.744. The summed E-state index contributed by atoms with van der Waals surface area (Å²) in [6.45, 7) is 4.80. The zero-order valence-electron chi connectivity index (χ0n) is 8.48. The fraction of sp³-hybridized carbons (Fsp3) is 0.600. The number of nitrogens with zero attached hydrogens (tertiary/aromatic N) is 3. The minimum Gasteiger partial charge on any atom is -0.355 e. The van der Waals surface area contributed by atoms with Crippen LogP contribution in [0.4, 0.5) is 5.82 Å². The second kappa shape index (κ2) is 3.92. The van der Waals surface area contributed by atoms with Gasteiger partial charge in [-0.15, -0.1) is 5.10 Å². The minimum absolute atomic E-state index is 0.623. The lowest BCUT2D eigenvalue weighted by molar-refractivity contribution is 0.602. The van der Waals surface area contributed by atoms with E-state index in [0.717, 1.165) is 31.1 Å². The van der Waals surface area contributed by atoms with Crippen LogP contribution in [-0.4, -0.2) is 29.8 Å². The standard InChI is InChI=1S/C10H16N4/c1-8-2-3-10(13-12-8)14-5-4-9(6-11)7-14/h2-3,9H,4-7,11H2,1H3. The maximum Gasteiger partial charge on any atom is 0.151 e. The summed E-state index contributed by atoms with van der Waals surface area (Å²) >= 11 is 0. The first-order chi connectivity index (χ1) is 6.79. The molecule has 0 spiro atoms. The molecular formula is C10H16N4. The van der Waals surface area contributed by atoms with Gasteiger partial charge >= 0.3 is 0 Å². The molecule has 2 rings (SSSR count). The molecule has 0 aromatic carbocycles. The molecule has 1 aromatic rings. The number of aromatic nitrogens is 2. The lowest BCUT2D eigenvalue weighted by Gasteiger charge is -2.16. The fourth-order valence-corrected chi connectivity index (χ4v) is 1.79. The average molecular weight is 192 g/mol. The topological polar surface area (TPSA) is 55.0 Å². The van der Waals surface area contributed by atoms with E-state index < -0.39 is 0 Å². The zero-order chi connectivity index (χ0) is 9.97. The fourth-order valence-electron chi connectivity index (χ4n) is 1.79. The van der Waals surface area contributed by atoms with Crippen LogP contribution in [0.25, 0.3) is 0 Å². The van der Waals surface area contributed by atoms with Gasteiger partial charge in [-0.3, -0.25) is 0 Å². The predicted molar refractivity (Wildman–Crippen MR) is 56.1 cm³/mol. The summed E-state index contributed by atoms with van der Waals surface area (Å²) < 4.78 is 0. The Morgan fingerprint density at radius 2 is 2.36 bits per heavy atom. The van der Waals surface area contributed by atoms with Gasteiger partial charge in [0.05, 0.1) is 5.69 Å². The lowest BCUT2D eigenvalue weighted by atomic mass is 10.1. The van der Waals surface area contributed by atoms with Gasteiger partial charge in [0.15, 0.2) is 5.82 Å². The van der Waals surface area contributed by atoms with Crippen molar-refractivity contribution in [1.29, 1.82) is 0 Å². The Balaban J connectivity index is 2.06. The van der Waals surface area contributed by atoms with E-state index in [-0.39, 0.29) is 0 Å². The maximum absolute atomic E-state index is 5.64. The minimum atomic E-state index is 0.623. The van der Waals surface area contributed by atoms with Crippen molar-refractivity contribution in [2.75, 3.05) is 24.5 Å². The molecule has 2 N–H and O–H groups in total. The molecular weight excluding hydrogens is 176 g/mol. The van der Waals surface area contributed by atoms with Crippen LogP contribution in [0.5, 0.6) is 0 Å². The van der Waals surface area contributed by atoms with E-state index in [9.17, 15) is 0 Å². The summed E-state index contributed by atoms with van der Waals surface area (Å²) in [5.74, 6) is 1.60. The molecule has 1 aliphatic heterocycles. The zero-order valence-corrected chi connectivity index (χ0v) is 8.48. The summed E-state index contributed by atoms with van der Waals surface area (Å²) in [6, 6.07) is 4.03. The number of hydrogen-bond donors (Lipinski definition) is 1. The number of hydrogen-bond acceptors (Lipinski definition) is 4. The monoisotopic (exact) mass is 192 g/mol. The lowest BCUT2D eigenvalue weighted by Crippen LogP contribution is -2.23. The van der Waals surface area contributed by atoms with Crippen LogP contribution in [0, 0.1) is 12.8 Å². The first-order valence-electron chi connectivity index (χ1n) is 5.05. The molecule has 1 saturated heterocycles. The Morgan fingerprint density at radius 1 is 1.50 bits per heavy atom. The number of nitrogens with two attached hydrogens (primary N) is 1. The molecule has 0 radical (unpaired) electrons. The van der Waals surface area contributed by atoms with Crippen LogP contribution in [0.15, 0.2) is 12.1 Å². The van der Waals surface area contributed by atoms with E-state index in [0.29, 0.717) is 5.92 Å². The summed E-state index contributed by atoms with van der Waals surface area (Å²) in [7, 11) is 0.